The van der Waals surface area contributed by atoms with E-state index in [1.807, 2.05) is 27.7 Å². The summed E-state index contributed by atoms with van der Waals surface area (Å²) < 4.78 is 5.23. The van der Waals surface area contributed by atoms with Crippen LogP contribution in [0.15, 0.2) is 0 Å². The number of ether oxygens (including phenoxy) is 1. The normalized spacial score (nSPS) is 12.3. The molecule has 0 aromatic rings. The van der Waals surface area contributed by atoms with Crippen molar-refractivity contribution in [1.29, 1.82) is 0 Å². The molecule has 0 bridgehead atoms. The van der Waals surface area contributed by atoms with Crippen LogP contribution in [0, 0.1) is 17.3 Å². The van der Waals surface area contributed by atoms with E-state index in [0.29, 0.717) is 18.4 Å². The molecule has 0 saturated carbocycles. The average molecular weight is 200 g/mol. The van der Waals surface area contributed by atoms with Gasteiger partial charge in [0.15, 0.2) is 0 Å². The molecule has 0 aromatic carbocycles. The largest absolute Gasteiger partial charge is 0.465 e. The molecule has 0 rings (SSSR count). The van der Waals surface area contributed by atoms with Crippen molar-refractivity contribution in [3.8, 4) is 0 Å². The summed E-state index contributed by atoms with van der Waals surface area (Å²) in [4.78, 5) is 11.7. The fraction of sp³-hybridized carbons (Fsp3) is 0.917. The van der Waals surface area contributed by atoms with E-state index < -0.39 is 0 Å². The highest BCUT2D eigenvalue weighted by molar-refractivity contribution is 5.75. The Morgan fingerprint density at radius 2 is 1.64 bits per heavy atom. The number of hydrogen-bond acceptors (Lipinski definition) is 2. The zero-order valence-electron chi connectivity index (χ0n) is 10.4. The molecule has 0 saturated heterocycles. The Morgan fingerprint density at radius 1 is 1.14 bits per heavy atom. The zero-order valence-corrected chi connectivity index (χ0v) is 10.4. The minimum absolute atomic E-state index is 0.0695. The number of carbonyl (C=O) groups excluding carboxylic acids is 1. The van der Waals surface area contributed by atoms with E-state index in [0.717, 1.165) is 6.42 Å². The van der Waals surface area contributed by atoms with Crippen molar-refractivity contribution in [2.45, 2.75) is 48.0 Å². The van der Waals surface area contributed by atoms with Gasteiger partial charge in [0.05, 0.1) is 12.0 Å². The van der Waals surface area contributed by atoms with E-state index in [2.05, 4.69) is 13.8 Å². The van der Waals surface area contributed by atoms with Gasteiger partial charge in [0.1, 0.15) is 0 Å². The molecule has 2 nitrogen and oxygen atoms in total. The van der Waals surface area contributed by atoms with Crippen molar-refractivity contribution in [2.24, 2.45) is 17.3 Å². The molecule has 0 radical (unpaired) electrons. The molecule has 0 unspecified atom stereocenters. The summed E-state index contributed by atoms with van der Waals surface area (Å²) in [5.74, 6) is 0.866. The smallest absolute Gasteiger partial charge is 0.311 e. The van der Waals surface area contributed by atoms with Crippen LogP contribution in [0.5, 0.6) is 0 Å². The molecule has 0 aliphatic heterocycles. The summed E-state index contributed by atoms with van der Waals surface area (Å²) in [5, 5.41) is 0. The van der Waals surface area contributed by atoms with E-state index in [4.69, 9.17) is 4.74 Å². The molecular formula is C12H24O2. The minimum Gasteiger partial charge on any atom is -0.465 e. The second-order valence-electron chi connectivity index (χ2n) is 5.47. The number of hydrogen-bond donors (Lipinski definition) is 0. The van der Waals surface area contributed by atoms with E-state index in [-0.39, 0.29) is 11.4 Å². The first-order chi connectivity index (χ1) is 6.25. The van der Waals surface area contributed by atoms with Gasteiger partial charge in [-0.2, -0.15) is 0 Å². The van der Waals surface area contributed by atoms with Gasteiger partial charge in [0, 0.05) is 0 Å². The molecule has 14 heavy (non-hydrogen) atoms. The molecule has 0 amide bonds. The summed E-state index contributed by atoms with van der Waals surface area (Å²) in [6.45, 7) is 12.8. The first-order valence-electron chi connectivity index (χ1n) is 5.43. The lowest BCUT2D eigenvalue weighted by atomic mass is 9.84. The third-order valence-corrected chi connectivity index (χ3v) is 2.02. The highest BCUT2D eigenvalue weighted by atomic mass is 16.5. The molecule has 84 valence electrons. The standard InChI is InChI=1S/C12H24O2/c1-9(2)7-12(5,6)11(13)14-8-10(3)4/h9-10H,7-8H2,1-6H3. The van der Waals surface area contributed by atoms with Gasteiger partial charge in [-0.05, 0) is 32.1 Å². The van der Waals surface area contributed by atoms with Crippen LogP contribution in [0.2, 0.25) is 0 Å². The van der Waals surface area contributed by atoms with Crippen molar-refractivity contribution in [3.63, 3.8) is 0 Å². The molecule has 0 aliphatic rings. The fourth-order valence-electron chi connectivity index (χ4n) is 1.54. The molecule has 0 spiro atoms. The summed E-state index contributed by atoms with van der Waals surface area (Å²) in [5.41, 5.74) is -0.344. The highest BCUT2D eigenvalue weighted by Crippen LogP contribution is 2.26. The van der Waals surface area contributed by atoms with E-state index in [1.54, 1.807) is 0 Å². The van der Waals surface area contributed by atoms with Gasteiger partial charge in [0.2, 0.25) is 0 Å². The highest BCUT2D eigenvalue weighted by Gasteiger charge is 2.30. The lowest BCUT2D eigenvalue weighted by Gasteiger charge is -2.24. The zero-order chi connectivity index (χ0) is 11.4. The second-order valence-corrected chi connectivity index (χ2v) is 5.47. The quantitative estimate of drug-likeness (QED) is 0.637. The molecule has 0 aromatic heterocycles. The van der Waals surface area contributed by atoms with Crippen molar-refractivity contribution in [1.82, 2.24) is 0 Å². The Hall–Kier alpha value is -0.530. The number of carbonyl (C=O) groups is 1. The van der Waals surface area contributed by atoms with Crippen LogP contribution in [0.3, 0.4) is 0 Å². The first kappa shape index (κ1) is 13.5. The summed E-state index contributed by atoms with van der Waals surface area (Å²) in [6.07, 6.45) is 0.879. The second kappa shape index (κ2) is 5.38. The third-order valence-electron chi connectivity index (χ3n) is 2.02. The minimum atomic E-state index is -0.344. The van der Waals surface area contributed by atoms with Crippen LogP contribution >= 0.6 is 0 Å². The molecular weight excluding hydrogens is 176 g/mol. The molecule has 0 heterocycles. The molecule has 0 atom stereocenters. The lowest BCUT2D eigenvalue weighted by Crippen LogP contribution is -2.29. The van der Waals surface area contributed by atoms with Crippen molar-refractivity contribution in [2.75, 3.05) is 6.61 Å². The van der Waals surface area contributed by atoms with Crippen LogP contribution in [-0.4, -0.2) is 12.6 Å². The van der Waals surface area contributed by atoms with Crippen LogP contribution in [-0.2, 0) is 9.53 Å². The Morgan fingerprint density at radius 3 is 2.00 bits per heavy atom. The van der Waals surface area contributed by atoms with Crippen molar-refractivity contribution >= 4 is 5.97 Å². The third kappa shape index (κ3) is 5.25. The monoisotopic (exact) mass is 200 g/mol. The molecule has 0 N–H and O–H groups in total. The molecule has 0 aliphatic carbocycles. The van der Waals surface area contributed by atoms with Gasteiger partial charge in [0.25, 0.3) is 0 Å². The van der Waals surface area contributed by atoms with Gasteiger partial charge in [-0.15, -0.1) is 0 Å². The van der Waals surface area contributed by atoms with Gasteiger partial charge in [-0.3, -0.25) is 4.79 Å². The predicted octanol–water partition coefficient (Wildman–Crippen LogP) is 3.26. The van der Waals surface area contributed by atoms with Crippen LogP contribution in [0.4, 0.5) is 0 Å². The maximum atomic E-state index is 11.7. The number of rotatable bonds is 5. The molecule has 0 fully saturated rings. The van der Waals surface area contributed by atoms with Gasteiger partial charge in [-0.1, -0.05) is 27.7 Å². The van der Waals surface area contributed by atoms with E-state index in [1.165, 1.54) is 0 Å². The summed E-state index contributed by atoms with van der Waals surface area (Å²) in [7, 11) is 0. The maximum Gasteiger partial charge on any atom is 0.311 e. The van der Waals surface area contributed by atoms with Crippen LogP contribution < -0.4 is 0 Å². The van der Waals surface area contributed by atoms with Gasteiger partial charge in [-0.25, -0.2) is 0 Å². The average Bonchev–Trinajstić information content (AvgIpc) is 1.97. The maximum absolute atomic E-state index is 11.7. The van der Waals surface area contributed by atoms with Crippen molar-refractivity contribution < 1.29 is 9.53 Å². The first-order valence-corrected chi connectivity index (χ1v) is 5.43. The molecule has 2 heteroatoms. The lowest BCUT2D eigenvalue weighted by molar-refractivity contribution is -0.156. The Bertz CT molecular complexity index is 181. The SMILES string of the molecule is CC(C)COC(=O)C(C)(C)CC(C)C. The number of esters is 1. The fourth-order valence-corrected chi connectivity index (χ4v) is 1.54. The van der Waals surface area contributed by atoms with Crippen LogP contribution in [0.1, 0.15) is 48.0 Å². The van der Waals surface area contributed by atoms with E-state index in [9.17, 15) is 4.79 Å². The summed E-state index contributed by atoms with van der Waals surface area (Å²) in [6, 6.07) is 0. The predicted molar refractivity (Wildman–Crippen MR) is 59.0 cm³/mol. The van der Waals surface area contributed by atoms with Crippen molar-refractivity contribution in [3.05, 3.63) is 0 Å². The van der Waals surface area contributed by atoms with Gasteiger partial charge >= 0.3 is 5.97 Å². The Kier molecular flexibility index (Phi) is 5.17. The van der Waals surface area contributed by atoms with Gasteiger partial charge < -0.3 is 4.74 Å². The summed E-state index contributed by atoms with van der Waals surface area (Å²) >= 11 is 0. The topological polar surface area (TPSA) is 26.3 Å². The van der Waals surface area contributed by atoms with E-state index >= 15 is 0 Å². The van der Waals surface area contributed by atoms with Crippen LogP contribution in [0.25, 0.3) is 0 Å². The Labute approximate surface area is 88.0 Å². The Balaban J connectivity index is 4.08.